The van der Waals surface area contributed by atoms with Crippen LogP contribution in [0.2, 0.25) is 0 Å². The van der Waals surface area contributed by atoms with Gasteiger partial charge in [0.2, 0.25) is 5.91 Å². The summed E-state index contributed by atoms with van der Waals surface area (Å²) in [5.41, 5.74) is 8.52. The molecule has 0 bridgehead atoms. The lowest BCUT2D eigenvalue weighted by Crippen LogP contribution is -2.33. The van der Waals surface area contributed by atoms with Gasteiger partial charge in [-0.2, -0.15) is 0 Å². The Morgan fingerprint density at radius 2 is 2.20 bits per heavy atom. The van der Waals surface area contributed by atoms with E-state index in [4.69, 9.17) is 5.73 Å². The average Bonchev–Trinajstić information content (AvgIpc) is 3.21. The van der Waals surface area contributed by atoms with E-state index in [1.54, 1.807) is 0 Å². The lowest BCUT2D eigenvalue weighted by molar-refractivity contribution is -0.121. The van der Waals surface area contributed by atoms with Crippen molar-refractivity contribution in [1.82, 2.24) is 5.32 Å². The molecule has 0 aromatic heterocycles. The highest BCUT2D eigenvalue weighted by atomic mass is 79.9. The highest BCUT2D eigenvalue weighted by Gasteiger charge is 2.41. The molecule has 0 unspecified atom stereocenters. The molecule has 1 fully saturated rings. The van der Waals surface area contributed by atoms with Crippen LogP contribution in [0, 0.1) is 12.3 Å². The SMILES string of the molecule is Cc1ccc(Br)cc1CCCC(=O)NCC1(CN)CC1. The van der Waals surface area contributed by atoms with Gasteiger partial charge in [-0.3, -0.25) is 4.79 Å². The van der Waals surface area contributed by atoms with Crippen LogP contribution < -0.4 is 11.1 Å². The lowest BCUT2D eigenvalue weighted by Gasteiger charge is -2.13. The molecular formula is C16H23BrN2O. The van der Waals surface area contributed by atoms with Crippen LogP contribution in [0.4, 0.5) is 0 Å². The van der Waals surface area contributed by atoms with Crippen LogP contribution in [-0.2, 0) is 11.2 Å². The second kappa shape index (κ2) is 6.72. The number of benzene rings is 1. The first-order chi connectivity index (χ1) is 9.54. The van der Waals surface area contributed by atoms with Gasteiger partial charge in [0.05, 0.1) is 0 Å². The van der Waals surface area contributed by atoms with Crippen molar-refractivity contribution in [2.24, 2.45) is 11.1 Å². The molecule has 1 aromatic carbocycles. The lowest BCUT2D eigenvalue weighted by atomic mass is 10.0. The molecule has 1 saturated carbocycles. The van der Waals surface area contributed by atoms with E-state index in [1.807, 2.05) is 6.07 Å². The summed E-state index contributed by atoms with van der Waals surface area (Å²) in [5, 5.41) is 3.02. The minimum Gasteiger partial charge on any atom is -0.355 e. The van der Waals surface area contributed by atoms with E-state index >= 15 is 0 Å². The maximum atomic E-state index is 11.8. The Kier molecular flexibility index (Phi) is 5.22. The fourth-order valence-electron chi connectivity index (χ4n) is 2.35. The van der Waals surface area contributed by atoms with Crippen molar-refractivity contribution in [3.05, 3.63) is 33.8 Å². The first-order valence-electron chi connectivity index (χ1n) is 7.26. The van der Waals surface area contributed by atoms with Crippen LogP contribution in [0.15, 0.2) is 22.7 Å². The van der Waals surface area contributed by atoms with Crippen molar-refractivity contribution in [2.45, 2.75) is 39.0 Å². The molecule has 2 rings (SSSR count). The van der Waals surface area contributed by atoms with Gasteiger partial charge in [0.15, 0.2) is 0 Å². The van der Waals surface area contributed by atoms with Gasteiger partial charge in [0.25, 0.3) is 0 Å². The number of hydrogen-bond acceptors (Lipinski definition) is 2. The molecule has 1 amide bonds. The van der Waals surface area contributed by atoms with Crippen LogP contribution in [0.3, 0.4) is 0 Å². The van der Waals surface area contributed by atoms with Gasteiger partial charge in [-0.15, -0.1) is 0 Å². The summed E-state index contributed by atoms with van der Waals surface area (Å²) in [6.45, 7) is 3.54. The second-order valence-electron chi connectivity index (χ2n) is 5.91. The molecular weight excluding hydrogens is 316 g/mol. The number of rotatable bonds is 7. The first kappa shape index (κ1) is 15.5. The number of hydrogen-bond donors (Lipinski definition) is 2. The Morgan fingerprint density at radius 3 is 2.85 bits per heavy atom. The van der Waals surface area contributed by atoms with Gasteiger partial charge in [0, 0.05) is 17.4 Å². The number of nitrogens with two attached hydrogens (primary N) is 1. The van der Waals surface area contributed by atoms with Gasteiger partial charge in [-0.25, -0.2) is 0 Å². The molecule has 1 aromatic rings. The van der Waals surface area contributed by atoms with E-state index in [-0.39, 0.29) is 11.3 Å². The van der Waals surface area contributed by atoms with Crippen molar-refractivity contribution in [3.8, 4) is 0 Å². The normalized spacial score (nSPS) is 15.9. The molecule has 0 aliphatic heterocycles. The Balaban J connectivity index is 1.70. The van der Waals surface area contributed by atoms with Crippen LogP contribution in [0.5, 0.6) is 0 Å². The Bertz CT molecular complexity index is 483. The summed E-state index contributed by atoms with van der Waals surface area (Å²) in [5.74, 6) is 0.150. The Morgan fingerprint density at radius 1 is 1.45 bits per heavy atom. The highest BCUT2D eigenvalue weighted by molar-refractivity contribution is 9.10. The summed E-state index contributed by atoms with van der Waals surface area (Å²) in [6, 6.07) is 6.30. The molecule has 110 valence electrons. The average molecular weight is 339 g/mol. The topological polar surface area (TPSA) is 55.1 Å². The van der Waals surface area contributed by atoms with Gasteiger partial charge in [-0.05, 0) is 67.8 Å². The van der Waals surface area contributed by atoms with Crippen molar-refractivity contribution in [1.29, 1.82) is 0 Å². The minimum absolute atomic E-state index is 0.150. The minimum atomic E-state index is 0.150. The van der Waals surface area contributed by atoms with E-state index in [1.165, 1.54) is 11.1 Å². The molecule has 0 radical (unpaired) electrons. The van der Waals surface area contributed by atoms with E-state index in [9.17, 15) is 4.79 Å². The van der Waals surface area contributed by atoms with Crippen molar-refractivity contribution >= 4 is 21.8 Å². The molecule has 3 N–H and O–H groups in total. The van der Waals surface area contributed by atoms with Crippen molar-refractivity contribution in [2.75, 3.05) is 13.1 Å². The quantitative estimate of drug-likeness (QED) is 0.803. The van der Waals surface area contributed by atoms with Crippen LogP contribution >= 0.6 is 15.9 Å². The van der Waals surface area contributed by atoms with E-state index < -0.39 is 0 Å². The van der Waals surface area contributed by atoms with Gasteiger partial charge in [0.1, 0.15) is 0 Å². The molecule has 0 heterocycles. The number of aryl methyl sites for hydroxylation is 2. The summed E-state index contributed by atoms with van der Waals surface area (Å²) in [6.07, 6.45) is 4.73. The van der Waals surface area contributed by atoms with Gasteiger partial charge < -0.3 is 11.1 Å². The molecule has 0 saturated heterocycles. The third-order valence-corrected chi connectivity index (χ3v) is 4.71. The third kappa shape index (κ3) is 4.32. The smallest absolute Gasteiger partial charge is 0.220 e. The Labute approximate surface area is 129 Å². The van der Waals surface area contributed by atoms with Crippen LogP contribution in [0.25, 0.3) is 0 Å². The number of carbonyl (C=O) groups is 1. The monoisotopic (exact) mass is 338 g/mol. The molecule has 3 nitrogen and oxygen atoms in total. The summed E-state index contributed by atoms with van der Waals surface area (Å²) in [7, 11) is 0. The molecule has 1 aliphatic carbocycles. The fraction of sp³-hybridized carbons (Fsp3) is 0.562. The third-order valence-electron chi connectivity index (χ3n) is 4.21. The molecule has 20 heavy (non-hydrogen) atoms. The van der Waals surface area contributed by atoms with Crippen LogP contribution in [-0.4, -0.2) is 19.0 Å². The van der Waals surface area contributed by atoms with E-state index in [0.29, 0.717) is 13.0 Å². The number of amides is 1. The van der Waals surface area contributed by atoms with Crippen molar-refractivity contribution in [3.63, 3.8) is 0 Å². The number of halogens is 1. The zero-order valence-corrected chi connectivity index (χ0v) is 13.6. The number of carbonyl (C=O) groups excluding carboxylic acids is 1. The zero-order valence-electron chi connectivity index (χ0n) is 12.0. The van der Waals surface area contributed by atoms with E-state index in [0.717, 1.165) is 36.7 Å². The number of nitrogens with one attached hydrogen (secondary N) is 1. The second-order valence-corrected chi connectivity index (χ2v) is 6.82. The van der Waals surface area contributed by atoms with Crippen molar-refractivity contribution < 1.29 is 4.79 Å². The summed E-state index contributed by atoms with van der Waals surface area (Å²) >= 11 is 3.49. The van der Waals surface area contributed by atoms with E-state index in [2.05, 4.69) is 40.3 Å². The Hall–Kier alpha value is -0.870. The largest absolute Gasteiger partial charge is 0.355 e. The maximum absolute atomic E-state index is 11.8. The fourth-order valence-corrected chi connectivity index (χ4v) is 2.76. The van der Waals surface area contributed by atoms with Gasteiger partial charge in [-0.1, -0.05) is 22.0 Å². The van der Waals surface area contributed by atoms with Crippen LogP contribution in [0.1, 0.15) is 36.8 Å². The molecule has 1 aliphatic rings. The molecule has 0 spiro atoms. The predicted octanol–water partition coefficient (Wildman–Crippen LogP) is 2.94. The first-order valence-corrected chi connectivity index (χ1v) is 8.06. The standard InChI is InChI=1S/C16H23BrN2O/c1-12-5-6-14(17)9-13(12)3-2-4-15(20)19-11-16(10-18)7-8-16/h5-6,9H,2-4,7-8,10-11,18H2,1H3,(H,19,20). The predicted molar refractivity (Wildman–Crippen MR) is 85.5 cm³/mol. The summed E-state index contributed by atoms with van der Waals surface area (Å²) < 4.78 is 1.10. The van der Waals surface area contributed by atoms with Gasteiger partial charge >= 0.3 is 0 Å². The molecule has 4 heteroatoms. The highest BCUT2D eigenvalue weighted by Crippen LogP contribution is 2.43. The maximum Gasteiger partial charge on any atom is 0.220 e. The summed E-state index contributed by atoms with van der Waals surface area (Å²) in [4.78, 5) is 11.8. The molecule has 0 atom stereocenters. The zero-order chi connectivity index (χ0) is 14.6.